The average Bonchev–Trinajstić information content (AvgIpc) is 3.09. The summed E-state index contributed by atoms with van der Waals surface area (Å²) in [5, 5.41) is 11.2. The van der Waals surface area contributed by atoms with Crippen molar-refractivity contribution in [3.05, 3.63) is 95.3 Å². The van der Waals surface area contributed by atoms with Gasteiger partial charge in [0.1, 0.15) is 11.5 Å². The monoisotopic (exact) mass is 428 g/mol. The maximum Gasteiger partial charge on any atom is 0.300 e. The van der Waals surface area contributed by atoms with Gasteiger partial charge in [-0.05, 0) is 47.4 Å². The molecule has 1 unspecified atom stereocenters. The number of ketones is 1. The number of aliphatic hydroxyl groups is 1. The Kier molecular flexibility index (Phi) is 5.77. The summed E-state index contributed by atoms with van der Waals surface area (Å²) in [4.78, 5) is 32.0. The summed E-state index contributed by atoms with van der Waals surface area (Å²) >= 11 is 0. The van der Waals surface area contributed by atoms with Gasteiger partial charge in [-0.1, -0.05) is 44.2 Å². The minimum atomic E-state index is -0.821. The Morgan fingerprint density at radius 1 is 1.03 bits per heavy atom. The third-order valence-electron chi connectivity index (χ3n) is 5.64. The topological polar surface area (TPSA) is 79.7 Å². The highest BCUT2D eigenvalue weighted by Crippen LogP contribution is 2.43. The van der Waals surface area contributed by atoms with E-state index in [1.54, 1.807) is 48.8 Å². The molecular weight excluding hydrogens is 404 g/mol. The number of anilines is 1. The highest BCUT2D eigenvalue weighted by Gasteiger charge is 2.47. The van der Waals surface area contributed by atoms with E-state index in [1.807, 2.05) is 24.3 Å². The lowest BCUT2D eigenvalue weighted by molar-refractivity contribution is -0.132. The van der Waals surface area contributed by atoms with Gasteiger partial charge in [0, 0.05) is 18.1 Å². The highest BCUT2D eigenvalue weighted by molar-refractivity contribution is 6.51. The van der Waals surface area contributed by atoms with Crippen LogP contribution in [0.1, 0.15) is 42.5 Å². The molecule has 1 fully saturated rings. The summed E-state index contributed by atoms with van der Waals surface area (Å²) in [6, 6.07) is 17.1. The number of rotatable bonds is 5. The summed E-state index contributed by atoms with van der Waals surface area (Å²) < 4.78 is 5.36. The van der Waals surface area contributed by atoms with Gasteiger partial charge in [0.15, 0.2) is 0 Å². The van der Waals surface area contributed by atoms with Gasteiger partial charge in [-0.15, -0.1) is 0 Å². The third-order valence-corrected chi connectivity index (χ3v) is 5.64. The minimum absolute atomic E-state index is 0.000404. The van der Waals surface area contributed by atoms with E-state index in [2.05, 4.69) is 18.8 Å². The molecular formula is C26H24N2O4. The van der Waals surface area contributed by atoms with Crippen LogP contribution in [0.2, 0.25) is 0 Å². The molecule has 6 heteroatoms. The molecule has 1 aliphatic heterocycles. The van der Waals surface area contributed by atoms with Gasteiger partial charge in [0.2, 0.25) is 0 Å². The fourth-order valence-electron chi connectivity index (χ4n) is 3.96. The minimum Gasteiger partial charge on any atom is -0.507 e. The molecule has 1 aromatic heterocycles. The average molecular weight is 428 g/mol. The number of carbonyl (C=O) groups is 2. The van der Waals surface area contributed by atoms with E-state index < -0.39 is 17.7 Å². The molecule has 0 aliphatic carbocycles. The molecule has 1 atom stereocenters. The molecule has 1 aliphatic rings. The largest absolute Gasteiger partial charge is 0.507 e. The van der Waals surface area contributed by atoms with Crippen LogP contribution in [-0.4, -0.2) is 28.9 Å². The van der Waals surface area contributed by atoms with Crippen LogP contribution in [0.4, 0.5) is 5.69 Å². The van der Waals surface area contributed by atoms with Crippen LogP contribution < -0.4 is 9.64 Å². The Hall–Kier alpha value is -3.93. The Morgan fingerprint density at radius 2 is 1.75 bits per heavy atom. The van der Waals surface area contributed by atoms with Crippen LogP contribution in [0.3, 0.4) is 0 Å². The Balaban J connectivity index is 1.92. The van der Waals surface area contributed by atoms with Crippen LogP contribution in [-0.2, 0) is 9.59 Å². The SMILES string of the molecule is COc1ccccc1/C(O)=C1/C(=O)C(=O)N(c2ccc(C(C)C)cc2)C1c1cccnc1. The number of hydrogen-bond acceptors (Lipinski definition) is 5. The predicted molar refractivity (Wildman–Crippen MR) is 123 cm³/mol. The van der Waals surface area contributed by atoms with Gasteiger partial charge in [-0.3, -0.25) is 19.5 Å². The molecule has 1 N–H and O–H groups in total. The first-order valence-electron chi connectivity index (χ1n) is 10.4. The van der Waals surface area contributed by atoms with Gasteiger partial charge < -0.3 is 9.84 Å². The van der Waals surface area contributed by atoms with Gasteiger partial charge in [0.05, 0.1) is 24.3 Å². The van der Waals surface area contributed by atoms with E-state index in [4.69, 9.17) is 4.74 Å². The lowest BCUT2D eigenvalue weighted by Gasteiger charge is -2.25. The summed E-state index contributed by atoms with van der Waals surface area (Å²) in [6.07, 6.45) is 3.22. The van der Waals surface area contributed by atoms with Gasteiger partial charge in [0.25, 0.3) is 11.7 Å². The number of para-hydroxylation sites is 1. The first-order valence-corrected chi connectivity index (χ1v) is 10.4. The molecule has 2 aromatic carbocycles. The van der Waals surface area contributed by atoms with Crippen molar-refractivity contribution in [2.24, 2.45) is 0 Å². The van der Waals surface area contributed by atoms with Crippen LogP contribution in [0.25, 0.3) is 5.76 Å². The van der Waals surface area contributed by atoms with E-state index in [0.29, 0.717) is 28.5 Å². The number of amides is 1. The second-order valence-corrected chi connectivity index (χ2v) is 7.90. The van der Waals surface area contributed by atoms with E-state index >= 15 is 0 Å². The normalized spacial score (nSPS) is 17.8. The number of aliphatic hydroxyl groups excluding tert-OH is 1. The van der Waals surface area contributed by atoms with E-state index in [1.165, 1.54) is 12.0 Å². The third kappa shape index (κ3) is 3.64. The van der Waals surface area contributed by atoms with Crippen molar-refractivity contribution in [1.29, 1.82) is 0 Å². The van der Waals surface area contributed by atoms with Gasteiger partial charge in [-0.25, -0.2) is 0 Å². The number of pyridine rings is 1. The Bertz CT molecular complexity index is 1180. The van der Waals surface area contributed by atoms with Crippen molar-refractivity contribution in [2.75, 3.05) is 12.0 Å². The van der Waals surface area contributed by atoms with Crippen LogP contribution in [0.5, 0.6) is 5.75 Å². The molecule has 3 aromatic rings. The van der Waals surface area contributed by atoms with Gasteiger partial charge >= 0.3 is 0 Å². The number of benzene rings is 2. The van der Waals surface area contributed by atoms with Crippen molar-refractivity contribution >= 4 is 23.1 Å². The van der Waals surface area contributed by atoms with Crippen LogP contribution in [0.15, 0.2) is 78.6 Å². The highest BCUT2D eigenvalue weighted by atomic mass is 16.5. The molecule has 1 amide bonds. The van der Waals surface area contributed by atoms with Crippen molar-refractivity contribution in [1.82, 2.24) is 4.98 Å². The van der Waals surface area contributed by atoms with Gasteiger partial charge in [-0.2, -0.15) is 0 Å². The number of aromatic nitrogens is 1. The first-order chi connectivity index (χ1) is 15.4. The number of Topliss-reactive ketones (excluding diaryl/α,β-unsaturated/α-hetero) is 1. The molecule has 0 spiro atoms. The lowest BCUT2D eigenvalue weighted by atomic mass is 9.95. The lowest BCUT2D eigenvalue weighted by Crippen LogP contribution is -2.29. The van der Waals surface area contributed by atoms with Crippen molar-refractivity contribution in [3.8, 4) is 5.75 Å². The summed E-state index contributed by atoms with van der Waals surface area (Å²) in [5.41, 5.74) is 2.66. The number of nitrogens with zero attached hydrogens (tertiary/aromatic N) is 2. The van der Waals surface area contributed by atoms with Crippen molar-refractivity contribution < 1.29 is 19.4 Å². The first kappa shape index (κ1) is 21.3. The van der Waals surface area contributed by atoms with E-state index in [0.717, 1.165) is 5.56 Å². The van der Waals surface area contributed by atoms with Crippen molar-refractivity contribution in [2.45, 2.75) is 25.8 Å². The molecule has 32 heavy (non-hydrogen) atoms. The molecule has 2 heterocycles. The van der Waals surface area contributed by atoms with E-state index in [-0.39, 0.29) is 11.3 Å². The molecule has 162 valence electrons. The predicted octanol–water partition coefficient (Wildman–Crippen LogP) is 4.84. The molecule has 0 bridgehead atoms. The zero-order valence-corrected chi connectivity index (χ0v) is 18.1. The molecule has 6 nitrogen and oxygen atoms in total. The van der Waals surface area contributed by atoms with Crippen molar-refractivity contribution in [3.63, 3.8) is 0 Å². The second-order valence-electron chi connectivity index (χ2n) is 7.90. The smallest absolute Gasteiger partial charge is 0.300 e. The zero-order chi connectivity index (χ0) is 22.8. The molecule has 1 saturated heterocycles. The summed E-state index contributed by atoms with van der Waals surface area (Å²) in [5.74, 6) is -1.000. The fraction of sp³-hybridized carbons (Fsp3) is 0.192. The maximum absolute atomic E-state index is 13.2. The second kappa shape index (κ2) is 8.67. The number of ether oxygens (including phenoxy) is 1. The summed E-state index contributed by atoms with van der Waals surface area (Å²) in [7, 11) is 1.49. The Morgan fingerprint density at radius 3 is 2.38 bits per heavy atom. The maximum atomic E-state index is 13.2. The molecule has 0 saturated carbocycles. The molecule has 0 radical (unpaired) electrons. The van der Waals surface area contributed by atoms with Crippen LogP contribution in [0, 0.1) is 0 Å². The zero-order valence-electron chi connectivity index (χ0n) is 18.1. The number of carbonyl (C=O) groups excluding carboxylic acids is 2. The fourth-order valence-corrected chi connectivity index (χ4v) is 3.96. The molecule has 4 rings (SSSR count). The quantitative estimate of drug-likeness (QED) is 0.357. The summed E-state index contributed by atoms with van der Waals surface area (Å²) in [6.45, 7) is 4.17. The number of methoxy groups -OCH3 is 1. The number of hydrogen-bond donors (Lipinski definition) is 1. The standard InChI is InChI=1S/C26H24N2O4/c1-16(2)17-10-12-19(13-11-17)28-23(18-7-6-14-27-15-18)22(25(30)26(28)31)24(29)20-8-4-5-9-21(20)32-3/h4-16,23,29H,1-3H3/b24-22-. The Labute approximate surface area is 186 Å². The van der Waals surface area contributed by atoms with E-state index in [9.17, 15) is 14.7 Å². The van der Waals surface area contributed by atoms with Crippen LogP contribution >= 0.6 is 0 Å².